The summed E-state index contributed by atoms with van der Waals surface area (Å²) in [6, 6.07) is 7.49. The smallest absolute Gasteiger partial charge is 0.272 e. The zero-order valence-corrected chi connectivity index (χ0v) is 16.6. The molecule has 0 atom stereocenters. The number of nitrogens with zero attached hydrogens (tertiary/aromatic N) is 5. The number of aromatic amines is 1. The van der Waals surface area contributed by atoms with E-state index in [4.69, 9.17) is 11.6 Å². The number of hydrogen-bond acceptors (Lipinski definition) is 6. The number of fused-ring (bicyclic) bond motifs is 1. The third-order valence-corrected chi connectivity index (χ3v) is 5.27. The molecule has 0 spiro atoms. The van der Waals surface area contributed by atoms with Crippen LogP contribution in [0.2, 0.25) is 5.02 Å². The number of amides is 1. The normalized spacial score (nSPS) is 14.6. The van der Waals surface area contributed by atoms with Crippen LogP contribution in [0.4, 0.5) is 5.95 Å². The third-order valence-electron chi connectivity index (χ3n) is 5.07. The van der Waals surface area contributed by atoms with Crippen molar-refractivity contribution in [2.45, 2.75) is 19.3 Å². The Kier molecular flexibility index (Phi) is 5.71. The first-order valence-electron chi connectivity index (χ1n) is 9.58. The molecule has 29 heavy (non-hydrogen) atoms. The number of carbonyl (C=O) groups is 1. The Morgan fingerprint density at radius 3 is 2.55 bits per heavy atom. The van der Waals surface area contributed by atoms with E-state index in [0.29, 0.717) is 36.0 Å². The monoisotopic (exact) mass is 412 g/mol. The minimum atomic E-state index is -0.169. The molecule has 0 saturated carbocycles. The van der Waals surface area contributed by atoms with Crippen LogP contribution in [-0.4, -0.2) is 57.2 Å². The molecule has 3 aromatic rings. The zero-order chi connectivity index (χ0) is 20.2. The molecule has 1 amide bonds. The molecule has 0 bridgehead atoms. The van der Waals surface area contributed by atoms with Gasteiger partial charge < -0.3 is 9.80 Å². The topological polar surface area (TPSA) is 95.1 Å². The second kappa shape index (κ2) is 8.57. The molecular formula is C20H21ClN6O2. The number of nitrogens with one attached hydrogen (secondary N) is 1. The van der Waals surface area contributed by atoms with Gasteiger partial charge in [-0.25, -0.2) is 15.1 Å². The van der Waals surface area contributed by atoms with Crippen LogP contribution >= 0.6 is 11.6 Å². The Balaban J connectivity index is 1.29. The van der Waals surface area contributed by atoms with Crippen molar-refractivity contribution >= 4 is 34.2 Å². The number of unbranched alkanes of at least 4 members (excludes halogenated alkanes) is 1. The van der Waals surface area contributed by atoms with Crippen LogP contribution in [-0.2, 0) is 11.2 Å². The molecule has 4 rings (SSSR count). The summed E-state index contributed by atoms with van der Waals surface area (Å²) in [7, 11) is 0. The van der Waals surface area contributed by atoms with E-state index >= 15 is 0 Å². The molecular weight excluding hydrogens is 392 g/mol. The number of rotatable bonds is 6. The van der Waals surface area contributed by atoms with Gasteiger partial charge in [0, 0.05) is 25.0 Å². The first kappa shape index (κ1) is 19.3. The van der Waals surface area contributed by atoms with Gasteiger partial charge in [-0.2, -0.15) is 5.10 Å². The van der Waals surface area contributed by atoms with E-state index in [1.807, 2.05) is 34.1 Å². The number of piperazine rings is 1. The number of aryl methyl sites for hydroxylation is 1. The molecule has 3 heterocycles. The van der Waals surface area contributed by atoms with Gasteiger partial charge in [-0.3, -0.25) is 9.59 Å². The van der Waals surface area contributed by atoms with Crippen LogP contribution in [0.3, 0.4) is 0 Å². The second-order valence-corrected chi connectivity index (χ2v) is 7.44. The van der Waals surface area contributed by atoms with E-state index in [-0.39, 0.29) is 18.0 Å². The minimum Gasteiger partial charge on any atom is -0.339 e. The molecule has 2 aromatic heterocycles. The van der Waals surface area contributed by atoms with Crippen molar-refractivity contribution in [2.24, 2.45) is 0 Å². The van der Waals surface area contributed by atoms with Crippen LogP contribution in [0.25, 0.3) is 10.8 Å². The van der Waals surface area contributed by atoms with Gasteiger partial charge in [-0.1, -0.05) is 29.8 Å². The molecule has 1 fully saturated rings. The summed E-state index contributed by atoms with van der Waals surface area (Å²) < 4.78 is 0. The minimum absolute atomic E-state index is 0.0717. The molecule has 1 saturated heterocycles. The van der Waals surface area contributed by atoms with Gasteiger partial charge in [0.1, 0.15) is 0 Å². The van der Waals surface area contributed by atoms with Crippen molar-refractivity contribution < 1.29 is 4.79 Å². The summed E-state index contributed by atoms with van der Waals surface area (Å²) in [5.74, 6) is 0.598. The molecule has 0 aliphatic carbocycles. The SMILES string of the molecule is O=C1CN(c2ncc(Cl)cn2)CCN1CCCCc1n[nH]c(=O)c2ccccc12. The van der Waals surface area contributed by atoms with Crippen LogP contribution in [0.15, 0.2) is 41.5 Å². The fourth-order valence-corrected chi connectivity index (χ4v) is 3.64. The summed E-state index contributed by atoms with van der Waals surface area (Å²) in [5.41, 5.74) is 0.716. The number of anilines is 1. The van der Waals surface area contributed by atoms with Crippen LogP contribution in [0.1, 0.15) is 18.5 Å². The molecule has 9 heteroatoms. The lowest BCUT2D eigenvalue weighted by Gasteiger charge is -2.34. The molecule has 1 aliphatic heterocycles. The molecule has 1 N–H and O–H groups in total. The standard InChI is InChI=1S/C20H21ClN6O2/c21-14-11-22-20(23-12-14)27-10-9-26(18(28)13-27)8-4-3-7-17-15-5-1-2-6-16(15)19(29)25-24-17/h1-2,5-6,11-12H,3-4,7-10,13H2,(H,25,29). The maximum absolute atomic E-state index is 12.5. The van der Waals surface area contributed by atoms with E-state index in [1.165, 1.54) is 12.4 Å². The summed E-state index contributed by atoms with van der Waals surface area (Å²) in [5, 5.41) is 8.80. The van der Waals surface area contributed by atoms with Gasteiger partial charge in [-0.05, 0) is 25.3 Å². The Labute approximate surface area is 172 Å². The Bertz CT molecular complexity index is 1070. The van der Waals surface area contributed by atoms with Crippen molar-refractivity contribution in [2.75, 3.05) is 31.1 Å². The number of benzene rings is 1. The van der Waals surface area contributed by atoms with Crippen LogP contribution in [0, 0.1) is 0 Å². The maximum atomic E-state index is 12.5. The Hall–Kier alpha value is -3.00. The lowest BCUT2D eigenvalue weighted by molar-refractivity contribution is -0.131. The summed E-state index contributed by atoms with van der Waals surface area (Å²) >= 11 is 5.82. The van der Waals surface area contributed by atoms with Crippen molar-refractivity contribution in [1.82, 2.24) is 25.1 Å². The van der Waals surface area contributed by atoms with Crippen molar-refractivity contribution in [1.29, 1.82) is 0 Å². The third kappa shape index (κ3) is 4.37. The van der Waals surface area contributed by atoms with E-state index in [1.54, 1.807) is 0 Å². The highest BCUT2D eigenvalue weighted by molar-refractivity contribution is 6.30. The van der Waals surface area contributed by atoms with E-state index in [9.17, 15) is 9.59 Å². The lowest BCUT2D eigenvalue weighted by atomic mass is 10.1. The molecule has 8 nitrogen and oxygen atoms in total. The summed E-state index contributed by atoms with van der Waals surface area (Å²) in [6.07, 6.45) is 5.59. The fourth-order valence-electron chi connectivity index (χ4n) is 3.54. The number of aromatic nitrogens is 4. The van der Waals surface area contributed by atoms with Gasteiger partial charge in [-0.15, -0.1) is 0 Å². The average molecular weight is 413 g/mol. The quantitative estimate of drug-likeness (QED) is 0.622. The highest BCUT2D eigenvalue weighted by Gasteiger charge is 2.25. The van der Waals surface area contributed by atoms with Gasteiger partial charge in [0.05, 0.1) is 35.0 Å². The maximum Gasteiger partial charge on any atom is 0.272 e. The number of halogens is 1. The van der Waals surface area contributed by atoms with Gasteiger partial charge in [0.2, 0.25) is 11.9 Å². The highest BCUT2D eigenvalue weighted by Crippen LogP contribution is 2.16. The van der Waals surface area contributed by atoms with Crippen molar-refractivity contribution in [3.05, 3.63) is 57.7 Å². The number of H-pyrrole nitrogens is 1. The fraction of sp³-hybridized carbons (Fsp3) is 0.350. The Morgan fingerprint density at radius 1 is 1.03 bits per heavy atom. The number of carbonyl (C=O) groups excluding carboxylic acids is 1. The molecule has 1 aromatic carbocycles. The molecule has 0 radical (unpaired) electrons. The van der Waals surface area contributed by atoms with E-state index in [2.05, 4.69) is 20.2 Å². The van der Waals surface area contributed by atoms with Crippen LogP contribution in [0.5, 0.6) is 0 Å². The van der Waals surface area contributed by atoms with Crippen molar-refractivity contribution in [3.63, 3.8) is 0 Å². The van der Waals surface area contributed by atoms with Gasteiger partial charge in [0.15, 0.2) is 0 Å². The Morgan fingerprint density at radius 2 is 1.79 bits per heavy atom. The van der Waals surface area contributed by atoms with E-state index in [0.717, 1.165) is 30.3 Å². The molecule has 0 unspecified atom stereocenters. The van der Waals surface area contributed by atoms with E-state index < -0.39 is 0 Å². The summed E-state index contributed by atoms with van der Waals surface area (Å²) in [4.78, 5) is 36.4. The second-order valence-electron chi connectivity index (χ2n) is 7.01. The predicted octanol–water partition coefficient (Wildman–Crippen LogP) is 2.04. The summed E-state index contributed by atoms with van der Waals surface area (Å²) in [6.45, 7) is 2.31. The predicted molar refractivity (Wildman–Crippen MR) is 111 cm³/mol. The first-order valence-corrected chi connectivity index (χ1v) is 9.96. The van der Waals surface area contributed by atoms with Crippen molar-refractivity contribution in [3.8, 4) is 0 Å². The van der Waals surface area contributed by atoms with Gasteiger partial charge in [0.25, 0.3) is 5.56 Å². The lowest BCUT2D eigenvalue weighted by Crippen LogP contribution is -2.51. The van der Waals surface area contributed by atoms with Crippen LogP contribution < -0.4 is 10.5 Å². The number of hydrogen-bond donors (Lipinski definition) is 1. The average Bonchev–Trinajstić information content (AvgIpc) is 2.74. The van der Waals surface area contributed by atoms with Gasteiger partial charge >= 0.3 is 0 Å². The molecule has 1 aliphatic rings. The molecule has 150 valence electrons. The first-order chi connectivity index (χ1) is 14.1. The zero-order valence-electron chi connectivity index (χ0n) is 15.8. The largest absolute Gasteiger partial charge is 0.339 e. The highest BCUT2D eigenvalue weighted by atomic mass is 35.5.